The van der Waals surface area contributed by atoms with Crippen LogP contribution < -0.4 is 0 Å². The number of hydrogen-bond acceptors (Lipinski definition) is 3. The fourth-order valence-electron chi connectivity index (χ4n) is 3.32. The van der Waals surface area contributed by atoms with Crippen LogP contribution in [0.2, 0.25) is 0 Å². The standard InChI is InChI=1S/C11H19NO2/c13-10-3-1-2-8(4-10)12-6-11-5-9(12)7-14-11/h8-11,13H,1-7H2. The van der Waals surface area contributed by atoms with E-state index >= 15 is 0 Å². The summed E-state index contributed by atoms with van der Waals surface area (Å²) < 4.78 is 5.60. The van der Waals surface area contributed by atoms with E-state index in [0.717, 1.165) is 26.0 Å². The highest BCUT2D eigenvalue weighted by Gasteiger charge is 2.42. The lowest BCUT2D eigenvalue weighted by atomic mass is 9.91. The number of hydrogen-bond donors (Lipinski definition) is 1. The Morgan fingerprint density at radius 3 is 2.71 bits per heavy atom. The molecule has 3 nitrogen and oxygen atoms in total. The van der Waals surface area contributed by atoms with Gasteiger partial charge in [0.1, 0.15) is 0 Å². The van der Waals surface area contributed by atoms with Crippen molar-refractivity contribution in [3.8, 4) is 0 Å². The Morgan fingerprint density at radius 2 is 2.07 bits per heavy atom. The molecule has 0 aromatic heterocycles. The molecule has 1 saturated carbocycles. The monoisotopic (exact) mass is 197 g/mol. The van der Waals surface area contributed by atoms with Crippen LogP contribution in [0.1, 0.15) is 32.1 Å². The Balaban J connectivity index is 1.65. The third-order valence-electron chi connectivity index (χ3n) is 4.03. The van der Waals surface area contributed by atoms with Gasteiger partial charge in [0.25, 0.3) is 0 Å². The summed E-state index contributed by atoms with van der Waals surface area (Å²) >= 11 is 0. The molecule has 3 fully saturated rings. The van der Waals surface area contributed by atoms with Crippen molar-refractivity contribution in [1.82, 2.24) is 4.90 Å². The average molecular weight is 197 g/mol. The molecule has 1 N–H and O–H groups in total. The van der Waals surface area contributed by atoms with Crippen LogP contribution >= 0.6 is 0 Å². The van der Waals surface area contributed by atoms with Crippen molar-refractivity contribution in [3.05, 3.63) is 0 Å². The average Bonchev–Trinajstić information content (AvgIpc) is 2.78. The summed E-state index contributed by atoms with van der Waals surface area (Å²) in [6, 6.07) is 1.30. The highest BCUT2D eigenvalue weighted by atomic mass is 16.5. The van der Waals surface area contributed by atoms with Crippen LogP contribution in [0.3, 0.4) is 0 Å². The topological polar surface area (TPSA) is 32.7 Å². The molecule has 0 spiro atoms. The molecule has 2 saturated heterocycles. The fourth-order valence-corrected chi connectivity index (χ4v) is 3.32. The Labute approximate surface area is 85.0 Å². The molecule has 0 radical (unpaired) electrons. The first-order chi connectivity index (χ1) is 6.83. The number of aliphatic hydroxyl groups is 1. The minimum atomic E-state index is -0.0474. The number of nitrogens with zero attached hydrogens (tertiary/aromatic N) is 1. The Bertz CT molecular complexity index is 221. The van der Waals surface area contributed by atoms with Crippen molar-refractivity contribution in [3.63, 3.8) is 0 Å². The molecule has 3 aliphatic rings. The van der Waals surface area contributed by atoms with E-state index in [2.05, 4.69) is 4.90 Å². The van der Waals surface area contributed by atoms with Gasteiger partial charge in [-0.3, -0.25) is 4.90 Å². The molecule has 0 aromatic rings. The zero-order valence-corrected chi connectivity index (χ0v) is 8.56. The van der Waals surface area contributed by atoms with Gasteiger partial charge in [-0.25, -0.2) is 0 Å². The van der Waals surface area contributed by atoms with E-state index in [-0.39, 0.29) is 6.10 Å². The second kappa shape index (κ2) is 3.47. The number of ether oxygens (including phenoxy) is 1. The molecule has 3 rings (SSSR count). The first-order valence-corrected chi connectivity index (χ1v) is 5.88. The highest BCUT2D eigenvalue weighted by molar-refractivity contribution is 4.96. The minimum Gasteiger partial charge on any atom is -0.393 e. The molecule has 2 heterocycles. The van der Waals surface area contributed by atoms with Gasteiger partial charge in [0.2, 0.25) is 0 Å². The summed E-state index contributed by atoms with van der Waals surface area (Å²) in [6.07, 6.45) is 6.15. The van der Waals surface area contributed by atoms with Crippen molar-refractivity contribution in [1.29, 1.82) is 0 Å². The molecule has 0 aromatic carbocycles. The van der Waals surface area contributed by atoms with Crippen LogP contribution in [0, 0.1) is 0 Å². The first kappa shape index (κ1) is 9.13. The van der Waals surface area contributed by atoms with Crippen molar-refractivity contribution in [2.75, 3.05) is 13.2 Å². The minimum absolute atomic E-state index is 0.0474. The van der Waals surface area contributed by atoms with Crippen LogP contribution in [-0.2, 0) is 4.74 Å². The van der Waals surface area contributed by atoms with Gasteiger partial charge in [-0.1, -0.05) is 0 Å². The zero-order valence-electron chi connectivity index (χ0n) is 8.56. The number of morpholine rings is 1. The van der Waals surface area contributed by atoms with E-state index in [1.54, 1.807) is 0 Å². The van der Waals surface area contributed by atoms with Crippen LogP contribution in [-0.4, -0.2) is 47.4 Å². The van der Waals surface area contributed by atoms with E-state index < -0.39 is 0 Å². The molecule has 4 unspecified atom stereocenters. The lowest BCUT2D eigenvalue weighted by Gasteiger charge is -2.38. The van der Waals surface area contributed by atoms with E-state index in [1.165, 1.54) is 19.3 Å². The maximum Gasteiger partial charge on any atom is 0.0718 e. The van der Waals surface area contributed by atoms with Gasteiger partial charge in [0, 0.05) is 18.6 Å². The van der Waals surface area contributed by atoms with Gasteiger partial charge >= 0.3 is 0 Å². The molecular weight excluding hydrogens is 178 g/mol. The first-order valence-electron chi connectivity index (χ1n) is 5.88. The Kier molecular flexibility index (Phi) is 2.26. The highest BCUT2D eigenvalue weighted by Crippen LogP contribution is 2.34. The van der Waals surface area contributed by atoms with Crippen molar-refractivity contribution >= 4 is 0 Å². The lowest BCUT2D eigenvalue weighted by Crippen LogP contribution is -2.46. The van der Waals surface area contributed by atoms with E-state index in [0.29, 0.717) is 18.2 Å². The predicted molar refractivity (Wildman–Crippen MR) is 53.1 cm³/mol. The maximum absolute atomic E-state index is 9.65. The van der Waals surface area contributed by atoms with E-state index in [9.17, 15) is 5.11 Å². The molecule has 2 bridgehead atoms. The zero-order chi connectivity index (χ0) is 9.54. The summed E-state index contributed by atoms with van der Waals surface area (Å²) in [5.74, 6) is 0. The van der Waals surface area contributed by atoms with Crippen molar-refractivity contribution in [2.24, 2.45) is 0 Å². The summed E-state index contributed by atoms with van der Waals surface area (Å²) in [7, 11) is 0. The number of aliphatic hydroxyl groups excluding tert-OH is 1. The molecule has 14 heavy (non-hydrogen) atoms. The van der Waals surface area contributed by atoms with Gasteiger partial charge in [-0.05, 0) is 32.1 Å². The maximum atomic E-state index is 9.65. The quantitative estimate of drug-likeness (QED) is 0.673. The Hall–Kier alpha value is -0.120. The molecule has 0 amide bonds. The second-order valence-corrected chi connectivity index (χ2v) is 5.02. The van der Waals surface area contributed by atoms with Crippen molar-refractivity contribution in [2.45, 2.75) is 56.4 Å². The van der Waals surface area contributed by atoms with Crippen LogP contribution in [0.25, 0.3) is 0 Å². The summed E-state index contributed by atoms with van der Waals surface area (Å²) in [4.78, 5) is 2.59. The summed E-state index contributed by atoms with van der Waals surface area (Å²) in [6.45, 7) is 2.04. The molecular formula is C11H19NO2. The largest absolute Gasteiger partial charge is 0.393 e. The second-order valence-electron chi connectivity index (χ2n) is 5.02. The van der Waals surface area contributed by atoms with E-state index in [1.807, 2.05) is 0 Å². The van der Waals surface area contributed by atoms with Gasteiger partial charge in [0.05, 0.1) is 18.8 Å². The van der Waals surface area contributed by atoms with E-state index in [4.69, 9.17) is 4.74 Å². The SMILES string of the molecule is OC1CCCC(N2CC3CC2CO3)C1. The number of fused-ring (bicyclic) bond motifs is 2. The third kappa shape index (κ3) is 1.47. The number of rotatable bonds is 1. The van der Waals surface area contributed by atoms with Gasteiger partial charge in [-0.15, -0.1) is 0 Å². The Morgan fingerprint density at radius 1 is 1.14 bits per heavy atom. The fraction of sp³-hybridized carbons (Fsp3) is 1.00. The summed E-state index contributed by atoms with van der Waals surface area (Å²) in [5.41, 5.74) is 0. The van der Waals surface area contributed by atoms with Crippen LogP contribution in [0.15, 0.2) is 0 Å². The normalized spacial score (nSPS) is 48.6. The van der Waals surface area contributed by atoms with Crippen molar-refractivity contribution < 1.29 is 9.84 Å². The van der Waals surface area contributed by atoms with Crippen LogP contribution in [0.4, 0.5) is 0 Å². The molecule has 2 aliphatic heterocycles. The molecule has 80 valence electrons. The van der Waals surface area contributed by atoms with Gasteiger partial charge in [0.15, 0.2) is 0 Å². The lowest BCUT2D eigenvalue weighted by molar-refractivity contribution is -0.0130. The number of likely N-dealkylation sites (tertiary alicyclic amines) is 1. The van der Waals surface area contributed by atoms with Gasteiger partial charge in [-0.2, -0.15) is 0 Å². The molecule has 1 aliphatic carbocycles. The molecule has 4 atom stereocenters. The van der Waals surface area contributed by atoms with Crippen LogP contribution in [0.5, 0.6) is 0 Å². The molecule has 3 heteroatoms. The smallest absolute Gasteiger partial charge is 0.0718 e. The predicted octanol–water partition coefficient (Wildman–Crippen LogP) is 0.763. The van der Waals surface area contributed by atoms with Gasteiger partial charge < -0.3 is 9.84 Å². The summed E-state index contributed by atoms with van der Waals surface area (Å²) in [5, 5.41) is 9.65. The third-order valence-corrected chi connectivity index (χ3v) is 4.03.